The van der Waals surface area contributed by atoms with Crippen LogP contribution in [-0.4, -0.2) is 11.3 Å². The number of hydrogen-bond acceptors (Lipinski definition) is 3. The van der Waals surface area contributed by atoms with E-state index in [1.165, 1.54) is 6.08 Å². The fourth-order valence-corrected chi connectivity index (χ4v) is 2.46. The minimum atomic E-state index is -4.90. The van der Waals surface area contributed by atoms with Gasteiger partial charge in [-0.25, -0.2) is 9.18 Å². The standard InChI is InChI=1S/C17H10F4O4/c18-12-6-5-10(7-11(12)17(19,20)21)15-14(25-16(22)23)8-9-3-1-2-4-13(9)24-15/h1-8,15H,(H,22,23). The zero-order valence-electron chi connectivity index (χ0n) is 12.4. The maximum Gasteiger partial charge on any atom is 0.511 e. The van der Waals surface area contributed by atoms with Crippen molar-refractivity contribution in [3.05, 3.63) is 70.7 Å². The summed E-state index contributed by atoms with van der Waals surface area (Å²) in [5, 5.41) is 8.85. The summed E-state index contributed by atoms with van der Waals surface area (Å²) in [7, 11) is 0. The van der Waals surface area contributed by atoms with E-state index in [-0.39, 0.29) is 11.3 Å². The molecular formula is C17H10F4O4. The molecule has 0 fully saturated rings. The Morgan fingerprint density at radius 3 is 2.56 bits per heavy atom. The van der Waals surface area contributed by atoms with Crippen molar-refractivity contribution in [1.82, 2.24) is 0 Å². The molecule has 2 aromatic carbocycles. The zero-order chi connectivity index (χ0) is 18.2. The van der Waals surface area contributed by atoms with Crippen LogP contribution in [0.2, 0.25) is 0 Å². The van der Waals surface area contributed by atoms with Crippen LogP contribution >= 0.6 is 0 Å². The van der Waals surface area contributed by atoms with E-state index < -0.39 is 29.8 Å². The lowest BCUT2D eigenvalue weighted by Crippen LogP contribution is -2.19. The average molecular weight is 354 g/mol. The number of alkyl halides is 3. The maximum atomic E-state index is 13.5. The van der Waals surface area contributed by atoms with Crippen molar-refractivity contribution in [2.45, 2.75) is 12.3 Å². The topological polar surface area (TPSA) is 55.8 Å². The fourth-order valence-electron chi connectivity index (χ4n) is 2.46. The molecule has 1 aliphatic heterocycles. The highest BCUT2D eigenvalue weighted by atomic mass is 19.4. The molecule has 1 N–H and O–H groups in total. The number of rotatable bonds is 2. The summed E-state index contributed by atoms with van der Waals surface area (Å²) in [5.74, 6) is -1.31. The van der Waals surface area contributed by atoms with Crippen LogP contribution in [0.4, 0.5) is 22.4 Å². The van der Waals surface area contributed by atoms with Gasteiger partial charge < -0.3 is 14.6 Å². The van der Waals surface area contributed by atoms with E-state index in [1.54, 1.807) is 24.3 Å². The molecule has 0 bridgehead atoms. The number of carbonyl (C=O) groups is 1. The van der Waals surface area contributed by atoms with Crippen LogP contribution in [0, 0.1) is 5.82 Å². The third-order valence-electron chi connectivity index (χ3n) is 3.52. The van der Waals surface area contributed by atoms with Crippen molar-refractivity contribution in [3.8, 4) is 5.75 Å². The Balaban J connectivity index is 2.08. The van der Waals surface area contributed by atoms with E-state index in [2.05, 4.69) is 4.74 Å². The summed E-state index contributed by atoms with van der Waals surface area (Å²) < 4.78 is 62.5. The lowest BCUT2D eigenvalue weighted by atomic mass is 10.00. The van der Waals surface area contributed by atoms with Gasteiger partial charge in [-0.05, 0) is 24.3 Å². The minimum Gasteiger partial charge on any atom is -0.477 e. The zero-order valence-corrected chi connectivity index (χ0v) is 12.4. The van der Waals surface area contributed by atoms with Gasteiger partial charge in [0.25, 0.3) is 0 Å². The van der Waals surface area contributed by atoms with E-state index in [0.717, 1.165) is 6.07 Å². The Morgan fingerprint density at radius 1 is 1.16 bits per heavy atom. The number of carboxylic acid groups (broad SMARTS) is 1. The monoisotopic (exact) mass is 354 g/mol. The van der Waals surface area contributed by atoms with Crippen molar-refractivity contribution in [3.63, 3.8) is 0 Å². The number of para-hydroxylation sites is 1. The predicted octanol–water partition coefficient (Wildman–Crippen LogP) is 5.01. The van der Waals surface area contributed by atoms with E-state index in [9.17, 15) is 22.4 Å². The summed E-state index contributed by atoms with van der Waals surface area (Å²) in [6, 6.07) is 8.85. The minimum absolute atomic E-state index is 0.0873. The molecule has 130 valence electrons. The van der Waals surface area contributed by atoms with Crippen molar-refractivity contribution in [2.75, 3.05) is 0 Å². The Morgan fingerprint density at radius 2 is 1.88 bits per heavy atom. The van der Waals surface area contributed by atoms with Gasteiger partial charge in [-0.2, -0.15) is 13.2 Å². The maximum absolute atomic E-state index is 13.5. The lowest BCUT2D eigenvalue weighted by molar-refractivity contribution is -0.140. The average Bonchev–Trinajstić information content (AvgIpc) is 2.53. The molecule has 0 saturated heterocycles. The lowest BCUT2D eigenvalue weighted by Gasteiger charge is -2.26. The van der Waals surface area contributed by atoms with Crippen LogP contribution in [0.3, 0.4) is 0 Å². The number of fused-ring (bicyclic) bond motifs is 1. The smallest absolute Gasteiger partial charge is 0.477 e. The quantitative estimate of drug-likeness (QED) is 0.608. The van der Waals surface area contributed by atoms with Crippen molar-refractivity contribution in [2.24, 2.45) is 0 Å². The van der Waals surface area contributed by atoms with Gasteiger partial charge >= 0.3 is 12.3 Å². The molecule has 1 atom stereocenters. The number of benzene rings is 2. The Hall–Kier alpha value is -3.03. The molecule has 3 rings (SSSR count). The molecule has 1 aliphatic rings. The summed E-state index contributed by atoms with van der Waals surface area (Å²) in [6.45, 7) is 0. The Bertz CT molecular complexity index is 858. The molecule has 2 aromatic rings. The molecule has 0 spiro atoms. The molecular weight excluding hydrogens is 344 g/mol. The SMILES string of the molecule is O=C(O)OC1=Cc2ccccc2OC1c1ccc(F)c(C(F)(F)F)c1. The Labute approximate surface area is 138 Å². The normalized spacial score (nSPS) is 16.5. The molecule has 0 aromatic heterocycles. The van der Waals surface area contributed by atoms with Crippen molar-refractivity contribution in [1.29, 1.82) is 0 Å². The molecule has 1 heterocycles. The number of ether oxygens (including phenoxy) is 2. The van der Waals surface area contributed by atoms with Gasteiger partial charge in [-0.15, -0.1) is 0 Å². The van der Waals surface area contributed by atoms with Crippen LogP contribution in [0.15, 0.2) is 48.2 Å². The number of halogens is 4. The van der Waals surface area contributed by atoms with Gasteiger partial charge in [-0.1, -0.05) is 24.3 Å². The first-order valence-electron chi connectivity index (χ1n) is 7.00. The second-order valence-electron chi connectivity index (χ2n) is 5.19. The highest BCUT2D eigenvalue weighted by Crippen LogP contribution is 2.40. The van der Waals surface area contributed by atoms with E-state index in [1.807, 2.05) is 0 Å². The molecule has 25 heavy (non-hydrogen) atoms. The molecule has 0 saturated carbocycles. The summed E-state index contributed by atoms with van der Waals surface area (Å²) in [6.07, 6.45) is -6.44. The Kier molecular flexibility index (Phi) is 4.12. The highest BCUT2D eigenvalue weighted by Gasteiger charge is 2.36. The van der Waals surface area contributed by atoms with Gasteiger partial charge in [0.15, 0.2) is 11.9 Å². The van der Waals surface area contributed by atoms with Gasteiger partial charge in [0.1, 0.15) is 11.6 Å². The van der Waals surface area contributed by atoms with Crippen LogP contribution < -0.4 is 4.74 Å². The first kappa shape index (κ1) is 16.8. The van der Waals surface area contributed by atoms with Gasteiger partial charge in [0, 0.05) is 11.1 Å². The van der Waals surface area contributed by atoms with Crippen LogP contribution in [0.1, 0.15) is 22.8 Å². The first-order chi connectivity index (χ1) is 11.8. The van der Waals surface area contributed by atoms with Gasteiger partial charge in [0.2, 0.25) is 0 Å². The van der Waals surface area contributed by atoms with Crippen molar-refractivity contribution >= 4 is 12.2 Å². The fraction of sp³-hybridized carbons (Fsp3) is 0.118. The molecule has 0 amide bonds. The second kappa shape index (κ2) is 6.12. The van der Waals surface area contributed by atoms with E-state index in [0.29, 0.717) is 23.4 Å². The number of hydrogen-bond donors (Lipinski definition) is 1. The summed E-state index contributed by atoms with van der Waals surface area (Å²) in [5.41, 5.74) is -1.05. The van der Waals surface area contributed by atoms with Crippen LogP contribution in [-0.2, 0) is 10.9 Å². The van der Waals surface area contributed by atoms with E-state index >= 15 is 0 Å². The van der Waals surface area contributed by atoms with Crippen LogP contribution in [0.25, 0.3) is 6.08 Å². The second-order valence-corrected chi connectivity index (χ2v) is 5.19. The molecule has 4 nitrogen and oxygen atoms in total. The van der Waals surface area contributed by atoms with Gasteiger partial charge in [-0.3, -0.25) is 0 Å². The predicted molar refractivity (Wildman–Crippen MR) is 78.3 cm³/mol. The van der Waals surface area contributed by atoms with E-state index in [4.69, 9.17) is 9.84 Å². The summed E-state index contributed by atoms with van der Waals surface area (Å²) >= 11 is 0. The van der Waals surface area contributed by atoms with Crippen LogP contribution in [0.5, 0.6) is 5.75 Å². The van der Waals surface area contributed by atoms with Gasteiger partial charge in [0.05, 0.1) is 5.56 Å². The molecule has 1 unspecified atom stereocenters. The summed E-state index contributed by atoms with van der Waals surface area (Å²) in [4.78, 5) is 10.9. The third-order valence-corrected chi connectivity index (χ3v) is 3.52. The molecule has 0 radical (unpaired) electrons. The molecule has 0 aliphatic carbocycles. The first-order valence-corrected chi connectivity index (χ1v) is 7.00. The third kappa shape index (κ3) is 3.42. The van der Waals surface area contributed by atoms with Crippen molar-refractivity contribution < 1.29 is 36.9 Å². The largest absolute Gasteiger partial charge is 0.511 e. The highest BCUT2D eigenvalue weighted by molar-refractivity contribution is 5.67. The molecule has 8 heteroatoms.